The Hall–Kier alpha value is -0.980. The second kappa shape index (κ2) is 5.20. The van der Waals surface area contributed by atoms with Crippen molar-refractivity contribution in [1.29, 1.82) is 0 Å². The average Bonchev–Trinajstić information content (AvgIpc) is 2.15. The monoisotopic (exact) mass is 205 g/mol. The van der Waals surface area contributed by atoms with Crippen molar-refractivity contribution >= 4 is 5.69 Å². The highest BCUT2D eigenvalue weighted by atomic mass is 14.6. The Balaban J connectivity index is 2.92. The average molecular weight is 205 g/mol. The van der Waals surface area contributed by atoms with Crippen LogP contribution in [0.2, 0.25) is 0 Å². The molecule has 0 saturated heterocycles. The van der Waals surface area contributed by atoms with Crippen molar-refractivity contribution in [3.63, 3.8) is 0 Å². The molecule has 0 aliphatic heterocycles. The molecule has 0 spiro atoms. The Labute approximate surface area is 93.7 Å². The highest BCUT2D eigenvalue weighted by Gasteiger charge is 2.09. The van der Waals surface area contributed by atoms with Crippen LogP contribution < -0.4 is 5.73 Å². The molecule has 0 fully saturated rings. The predicted molar refractivity (Wildman–Crippen MR) is 68.1 cm³/mol. The summed E-state index contributed by atoms with van der Waals surface area (Å²) in [6.07, 6.45) is 2.33. The Bertz CT molecular complexity index is 313. The summed E-state index contributed by atoms with van der Waals surface area (Å²) >= 11 is 0. The van der Waals surface area contributed by atoms with Crippen LogP contribution in [-0.2, 0) is 6.42 Å². The highest BCUT2D eigenvalue weighted by molar-refractivity contribution is 5.51. The number of hydrogen-bond acceptors (Lipinski definition) is 1. The van der Waals surface area contributed by atoms with E-state index >= 15 is 0 Å². The van der Waals surface area contributed by atoms with Gasteiger partial charge in [0.25, 0.3) is 0 Å². The van der Waals surface area contributed by atoms with Crippen molar-refractivity contribution in [2.75, 3.05) is 5.73 Å². The molecular weight excluding hydrogens is 182 g/mol. The Morgan fingerprint density at radius 1 is 1.13 bits per heavy atom. The maximum Gasteiger partial charge on any atom is 0.0349 e. The van der Waals surface area contributed by atoms with Gasteiger partial charge < -0.3 is 5.73 Å². The third kappa shape index (κ3) is 3.26. The Morgan fingerprint density at radius 2 is 1.80 bits per heavy atom. The molecule has 1 aromatic rings. The molecule has 1 heteroatoms. The van der Waals surface area contributed by atoms with Crippen LogP contribution in [0.3, 0.4) is 0 Å². The molecule has 15 heavy (non-hydrogen) atoms. The maximum atomic E-state index is 6.05. The molecule has 0 saturated carbocycles. The largest absolute Gasteiger partial charge is 0.398 e. The number of hydrogen-bond donors (Lipinski definition) is 1. The van der Waals surface area contributed by atoms with Crippen molar-refractivity contribution in [3.8, 4) is 0 Å². The van der Waals surface area contributed by atoms with Gasteiger partial charge in [-0.1, -0.05) is 39.8 Å². The van der Waals surface area contributed by atoms with Crippen LogP contribution >= 0.6 is 0 Å². The zero-order chi connectivity index (χ0) is 11.4. The standard InChI is InChI=1S/C14H23N/c1-10(2)8-9-13-12(11(3)4)6-5-7-14(13)15/h5-7,10-11H,8-9,15H2,1-4H3. The molecule has 0 bridgehead atoms. The summed E-state index contributed by atoms with van der Waals surface area (Å²) in [6, 6.07) is 6.28. The van der Waals surface area contributed by atoms with Gasteiger partial charge in [-0.3, -0.25) is 0 Å². The lowest BCUT2D eigenvalue weighted by Crippen LogP contribution is -2.03. The van der Waals surface area contributed by atoms with E-state index in [1.54, 1.807) is 0 Å². The van der Waals surface area contributed by atoms with Gasteiger partial charge in [0.1, 0.15) is 0 Å². The Morgan fingerprint density at radius 3 is 2.33 bits per heavy atom. The van der Waals surface area contributed by atoms with Crippen LogP contribution in [0.4, 0.5) is 5.69 Å². The number of nitrogen functional groups attached to an aromatic ring is 1. The third-order valence-corrected chi connectivity index (χ3v) is 2.84. The van der Waals surface area contributed by atoms with Gasteiger partial charge in [-0.2, -0.15) is 0 Å². The summed E-state index contributed by atoms with van der Waals surface area (Å²) in [5, 5.41) is 0. The number of nitrogens with two attached hydrogens (primary N) is 1. The van der Waals surface area contributed by atoms with E-state index in [4.69, 9.17) is 5.73 Å². The summed E-state index contributed by atoms with van der Waals surface area (Å²) < 4.78 is 0. The minimum absolute atomic E-state index is 0.565. The molecule has 0 unspecified atom stereocenters. The van der Waals surface area contributed by atoms with Gasteiger partial charge >= 0.3 is 0 Å². The minimum Gasteiger partial charge on any atom is -0.398 e. The van der Waals surface area contributed by atoms with E-state index in [9.17, 15) is 0 Å². The SMILES string of the molecule is CC(C)CCc1c(N)cccc1C(C)C. The zero-order valence-electron chi connectivity index (χ0n) is 10.4. The van der Waals surface area contributed by atoms with E-state index in [0.29, 0.717) is 5.92 Å². The molecule has 0 aliphatic carbocycles. The van der Waals surface area contributed by atoms with E-state index in [1.807, 2.05) is 6.07 Å². The van der Waals surface area contributed by atoms with Crippen molar-refractivity contribution in [3.05, 3.63) is 29.3 Å². The van der Waals surface area contributed by atoms with Crippen molar-refractivity contribution in [2.45, 2.75) is 46.5 Å². The van der Waals surface area contributed by atoms with E-state index in [-0.39, 0.29) is 0 Å². The Kier molecular flexibility index (Phi) is 4.19. The first-order valence-electron chi connectivity index (χ1n) is 5.89. The topological polar surface area (TPSA) is 26.0 Å². The summed E-state index contributed by atoms with van der Waals surface area (Å²) in [5.74, 6) is 1.31. The molecule has 0 radical (unpaired) electrons. The molecule has 2 N–H and O–H groups in total. The van der Waals surface area contributed by atoms with Crippen LogP contribution in [0.1, 0.15) is 51.2 Å². The second-order valence-corrected chi connectivity index (χ2v) is 5.00. The first-order valence-corrected chi connectivity index (χ1v) is 5.89. The van der Waals surface area contributed by atoms with E-state index < -0.39 is 0 Å². The second-order valence-electron chi connectivity index (χ2n) is 5.00. The van der Waals surface area contributed by atoms with E-state index in [1.165, 1.54) is 17.5 Å². The van der Waals surface area contributed by atoms with E-state index in [0.717, 1.165) is 18.0 Å². The molecule has 1 rings (SSSR count). The summed E-state index contributed by atoms with van der Waals surface area (Å²) in [6.45, 7) is 8.98. The maximum absolute atomic E-state index is 6.05. The molecule has 0 aromatic heterocycles. The van der Waals surface area contributed by atoms with Gasteiger partial charge in [-0.25, -0.2) is 0 Å². The minimum atomic E-state index is 0.565. The number of anilines is 1. The molecule has 0 heterocycles. The lowest BCUT2D eigenvalue weighted by atomic mass is 9.91. The fraction of sp³-hybridized carbons (Fsp3) is 0.571. The summed E-state index contributed by atoms with van der Waals surface area (Å²) in [4.78, 5) is 0. The van der Waals surface area contributed by atoms with Gasteiger partial charge in [0.15, 0.2) is 0 Å². The van der Waals surface area contributed by atoms with Crippen molar-refractivity contribution in [1.82, 2.24) is 0 Å². The van der Waals surface area contributed by atoms with Crippen molar-refractivity contribution < 1.29 is 0 Å². The smallest absolute Gasteiger partial charge is 0.0349 e. The first-order chi connectivity index (χ1) is 7.02. The quantitative estimate of drug-likeness (QED) is 0.739. The van der Waals surface area contributed by atoms with Gasteiger partial charge in [0.05, 0.1) is 0 Å². The zero-order valence-corrected chi connectivity index (χ0v) is 10.4. The highest BCUT2D eigenvalue weighted by Crippen LogP contribution is 2.26. The van der Waals surface area contributed by atoms with Crippen LogP contribution in [0.5, 0.6) is 0 Å². The van der Waals surface area contributed by atoms with Crippen molar-refractivity contribution in [2.24, 2.45) is 5.92 Å². The predicted octanol–water partition coefficient (Wildman–Crippen LogP) is 3.98. The summed E-state index contributed by atoms with van der Waals surface area (Å²) in [5.41, 5.74) is 9.78. The van der Waals surface area contributed by atoms with Gasteiger partial charge in [0, 0.05) is 5.69 Å². The van der Waals surface area contributed by atoms with Gasteiger partial charge in [0.2, 0.25) is 0 Å². The third-order valence-electron chi connectivity index (χ3n) is 2.84. The molecular formula is C14H23N. The fourth-order valence-electron chi connectivity index (χ4n) is 1.89. The van der Waals surface area contributed by atoms with Crippen LogP contribution in [0, 0.1) is 5.92 Å². The lowest BCUT2D eigenvalue weighted by Gasteiger charge is -2.16. The van der Waals surface area contributed by atoms with Gasteiger partial charge in [-0.15, -0.1) is 0 Å². The lowest BCUT2D eigenvalue weighted by molar-refractivity contribution is 0.584. The normalized spacial score (nSPS) is 11.3. The van der Waals surface area contributed by atoms with Crippen LogP contribution in [-0.4, -0.2) is 0 Å². The fourth-order valence-corrected chi connectivity index (χ4v) is 1.89. The molecule has 0 aliphatic rings. The molecule has 0 amide bonds. The summed E-state index contributed by atoms with van der Waals surface area (Å²) in [7, 11) is 0. The van der Waals surface area contributed by atoms with E-state index in [2.05, 4.69) is 39.8 Å². The molecule has 0 atom stereocenters. The first kappa shape index (κ1) is 12.1. The molecule has 84 valence electrons. The number of benzene rings is 1. The number of rotatable bonds is 4. The van der Waals surface area contributed by atoms with Crippen LogP contribution in [0.15, 0.2) is 18.2 Å². The molecule has 1 nitrogen and oxygen atoms in total. The van der Waals surface area contributed by atoms with Crippen LogP contribution in [0.25, 0.3) is 0 Å². The molecule has 1 aromatic carbocycles. The van der Waals surface area contributed by atoms with Gasteiger partial charge in [-0.05, 0) is 41.9 Å².